The second-order valence-electron chi connectivity index (χ2n) is 6.30. The van der Waals surface area contributed by atoms with E-state index in [1.165, 1.54) is 57.3 Å². The van der Waals surface area contributed by atoms with Gasteiger partial charge in [0.15, 0.2) is 5.78 Å². The molecule has 0 N–H and O–H groups in total. The molecule has 2 nitrogen and oxygen atoms in total. The zero-order chi connectivity index (χ0) is 13.3. The molecule has 2 fully saturated rings. The number of hydrogen-bond acceptors (Lipinski definition) is 2. The lowest BCUT2D eigenvalue weighted by Crippen LogP contribution is -2.38. The van der Waals surface area contributed by atoms with E-state index in [9.17, 15) is 4.79 Å². The number of piperidine rings is 1. The quantitative estimate of drug-likeness (QED) is 0.745. The number of rotatable bonds is 2. The highest BCUT2D eigenvalue weighted by Gasteiger charge is 2.36. The largest absolute Gasteiger partial charge is 0.371 e. The first-order chi connectivity index (χ1) is 9.19. The number of hydrogen-bond donors (Lipinski definition) is 0. The summed E-state index contributed by atoms with van der Waals surface area (Å²) in [5.74, 6) is 0.148. The molecule has 102 valence electrons. The molecule has 3 rings (SSSR count). The van der Waals surface area contributed by atoms with Crippen molar-refractivity contribution < 1.29 is 4.79 Å². The monoisotopic (exact) mass is 257 g/mol. The fourth-order valence-electron chi connectivity index (χ4n) is 3.77. The minimum absolute atomic E-state index is 0.148. The highest BCUT2D eigenvalue weighted by atomic mass is 16.1. The fraction of sp³-hybridized carbons (Fsp3) is 0.588. The van der Waals surface area contributed by atoms with E-state index in [2.05, 4.69) is 17.0 Å². The van der Waals surface area contributed by atoms with Gasteiger partial charge in [-0.3, -0.25) is 4.79 Å². The number of benzene rings is 1. The summed E-state index contributed by atoms with van der Waals surface area (Å²) in [4.78, 5) is 13.8. The number of nitrogens with zero attached hydrogens (tertiary/aromatic N) is 1. The van der Waals surface area contributed by atoms with Crippen LogP contribution in [0.2, 0.25) is 0 Å². The Morgan fingerprint density at radius 3 is 2.11 bits per heavy atom. The summed E-state index contributed by atoms with van der Waals surface area (Å²) in [5, 5.41) is 0. The topological polar surface area (TPSA) is 20.3 Å². The molecule has 1 saturated heterocycles. The van der Waals surface area contributed by atoms with Gasteiger partial charge in [-0.05, 0) is 62.3 Å². The lowest BCUT2D eigenvalue weighted by Gasteiger charge is -2.40. The average Bonchev–Trinajstić information content (AvgIpc) is 2.88. The third-order valence-electron chi connectivity index (χ3n) is 5.13. The van der Waals surface area contributed by atoms with Crippen LogP contribution in [0, 0.1) is 5.41 Å². The molecule has 1 aliphatic heterocycles. The predicted molar refractivity (Wildman–Crippen MR) is 78.8 cm³/mol. The Morgan fingerprint density at radius 1 is 1.00 bits per heavy atom. The summed E-state index contributed by atoms with van der Waals surface area (Å²) in [7, 11) is 0. The fourth-order valence-corrected chi connectivity index (χ4v) is 3.77. The molecule has 1 aliphatic carbocycles. The summed E-state index contributed by atoms with van der Waals surface area (Å²) in [6.07, 6.45) is 8.47. The van der Waals surface area contributed by atoms with Gasteiger partial charge in [-0.25, -0.2) is 0 Å². The van der Waals surface area contributed by atoms with Crippen molar-refractivity contribution in [2.75, 3.05) is 18.0 Å². The molecule has 1 heterocycles. The number of carbonyl (C=O) groups is 1. The molecule has 2 aliphatic rings. The molecule has 0 unspecified atom stereocenters. The van der Waals surface area contributed by atoms with Crippen molar-refractivity contribution in [2.24, 2.45) is 5.41 Å². The van der Waals surface area contributed by atoms with Crippen LogP contribution in [-0.2, 0) is 0 Å². The number of carbonyl (C=O) groups excluding carboxylic acids is 1. The molecule has 0 bridgehead atoms. The number of ketones is 1. The van der Waals surface area contributed by atoms with Gasteiger partial charge in [0.05, 0.1) is 0 Å². The molecular weight excluding hydrogens is 234 g/mol. The van der Waals surface area contributed by atoms with Crippen molar-refractivity contribution in [1.82, 2.24) is 0 Å². The van der Waals surface area contributed by atoms with Crippen molar-refractivity contribution in [1.29, 1.82) is 0 Å². The second kappa shape index (κ2) is 4.99. The first-order valence-corrected chi connectivity index (χ1v) is 7.55. The Bertz CT molecular complexity index is 447. The van der Waals surface area contributed by atoms with Crippen LogP contribution in [0.5, 0.6) is 0 Å². The second-order valence-corrected chi connectivity index (χ2v) is 6.30. The SMILES string of the molecule is CC(=O)c1ccc(N2CCC3(CCCC3)CC2)cc1. The van der Waals surface area contributed by atoms with Gasteiger partial charge in [0.2, 0.25) is 0 Å². The van der Waals surface area contributed by atoms with E-state index in [1.807, 2.05) is 12.1 Å². The van der Waals surface area contributed by atoms with Gasteiger partial charge in [-0.2, -0.15) is 0 Å². The van der Waals surface area contributed by atoms with Crippen LogP contribution in [0.25, 0.3) is 0 Å². The predicted octanol–water partition coefficient (Wildman–Crippen LogP) is 4.05. The van der Waals surface area contributed by atoms with Crippen molar-refractivity contribution >= 4 is 11.5 Å². The van der Waals surface area contributed by atoms with Crippen LogP contribution in [0.15, 0.2) is 24.3 Å². The Labute approximate surface area is 115 Å². The summed E-state index contributed by atoms with van der Waals surface area (Å²) in [6, 6.07) is 8.11. The van der Waals surface area contributed by atoms with E-state index < -0.39 is 0 Å². The minimum atomic E-state index is 0.148. The average molecular weight is 257 g/mol. The van der Waals surface area contributed by atoms with E-state index in [4.69, 9.17) is 0 Å². The zero-order valence-electron chi connectivity index (χ0n) is 11.8. The minimum Gasteiger partial charge on any atom is -0.371 e. The Kier molecular flexibility index (Phi) is 3.34. The molecule has 1 aromatic carbocycles. The maximum Gasteiger partial charge on any atom is 0.159 e. The number of Topliss-reactive ketones (excluding diaryl/α,β-unsaturated/α-hetero) is 1. The third-order valence-corrected chi connectivity index (χ3v) is 5.13. The summed E-state index contributed by atoms with van der Waals surface area (Å²) >= 11 is 0. The summed E-state index contributed by atoms with van der Waals surface area (Å²) in [6.45, 7) is 3.98. The molecule has 1 spiro atoms. The van der Waals surface area contributed by atoms with Crippen molar-refractivity contribution in [2.45, 2.75) is 45.4 Å². The Balaban J connectivity index is 1.66. The highest BCUT2D eigenvalue weighted by Crippen LogP contribution is 2.46. The molecular formula is C17H23NO. The Morgan fingerprint density at radius 2 is 1.58 bits per heavy atom. The zero-order valence-corrected chi connectivity index (χ0v) is 11.8. The van der Waals surface area contributed by atoms with Gasteiger partial charge in [0.25, 0.3) is 0 Å². The first-order valence-electron chi connectivity index (χ1n) is 7.55. The molecule has 1 saturated carbocycles. The first kappa shape index (κ1) is 12.7. The Hall–Kier alpha value is -1.31. The molecule has 19 heavy (non-hydrogen) atoms. The van der Waals surface area contributed by atoms with E-state index in [0.29, 0.717) is 5.41 Å². The highest BCUT2D eigenvalue weighted by molar-refractivity contribution is 5.94. The van der Waals surface area contributed by atoms with Gasteiger partial charge >= 0.3 is 0 Å². The van der Waals surface area contributed by atoms with Crippen LogP contribution >= 0.6 is 0 Å². The van der Waals surface area contributed by atoms with Crippen LogP contribution in [-0.4, -0.2) is 18.9 Å². The normalized spacial score (nSPS) is 21.8. The number of anilines is 1. The molecule has 1 aromatic rings. The smallest absolute Gasteiger partial charge is 0.159 e. The maximum atomic E-state index is 11.3. The van der Waals surface area contributed by atoms with Crippen molar-refractivity contribution in [3.8, 4) is 0 Å². The van der Waals surface area contributed by atoms with Crippen molar-refractivity contribution in [3.63, 3.8) is 0 Å². The van der Waals surface area contributed by atoms with Gasteiger partial charge in [-0.15, -0.1) is 0 Å². The van der Waals surface area contributed by atoms with E-state index >= 15 is 0 Å². The molecule has 0 radical (unpaired) electrons. The third kappa shape index (κ3) is 2.54. The van der Waals surface area contributed by atoms with E-state index in [0.717, 1.165) is 5.56 Å². The van der Waals surface area contributed by atoms with Gasteiger partial charge in [0, 0.05) is 24.3 Å². The van der Waals surface area contributed by atoms with Gasteiger partial charge < -0.3 is 4.90 Å². The van der Waals surface area contributed by atoms with Gasteiger partial charge in [-0.1, -0.05) is 12.8 Å². The van der Waals surface area contributed by atoms with E-state index in [1.54, 1.807) is 6.92 Å². The van der Waals surface area contributed by atoms with Gasteiger partial charge in [0.1, 0.15) is 0 Å². The standard InChI is InChI=1S/C17H23NO/c1-14(19)15-4-6-16(7-5-15)18-12-10-17(11-13-18)8-2-3-9-17/h4-7H,2-3,8-13H2,1H3. The molecule has 0 atom stereocenters. The lowest BCUT2D eigenvalue weighted by atomic mass is 9.77. The molecule has 0 aromatic heterocycles. The van der Waals surface area contributed by atoms with Crippen LogP contribution in [0.1, 0.15) is 55.8 Å². The van der Waals surface area contributed by atoms with Crippen molar-refractivity contribution in [3.05, 3.63) is 29.8 Å². The summed E-state index contributed by atoms with van der Waals surface area (Å²) in [5.41, 5.74) is 2.77. The van der Waals surface area contributed by atoms with Crippen LogP contribution < -0.4 is 4.90 Å². The molecule has 2 heteroatoms. The van der Waals surface area contributed by atoms with Crippen LogP contribution in [0.3, 0.4) is 0 Å². The maximum absolute atomic E-state index is 11.3. The van der Waals surface area contributed by atoms with Crippen LogP contribution in [0.4, 0.5) is 5.69 Å². The summed E-state index contributed by atoms with van der Waals surface area (Å²) < 4.78 is 0. The molecule has 0 amide bonds. The van der Waals surface area contributed by atoms with E-state index in [-0.39, 0.29) is 5.78 Å². The lowest BCUT2D eigenvalue weighted by molar-refractivity contribution is 0.101.